The fourth-order valence-electron chi connectivity index (χ4n) is 2.51. The summed E-state index contributed by atoms with van der Waals surface area (Å²) in [6.45, 7) is 2.11. The van der Waals surface area contributed by atoms with Gasteiger partial charge in [0.25, 0.3) is 0 Å². The summed E-state index contributed by atoms with van der Waals surface area (Å²) in [7, 11) is 3.12. The summed E-state index contributed by atoms with van der Waals surface area (Å²) in [6, 6.07) is 13.5. The number of esters is 1. The van der Waals surface area contributed by atoms with Gasteiger partial charge < -0.3 is 19.9 Å². The molecule has 2 rings (SSSR count). The predicted molar refractivity (Wildman–Crippen MR) is 101 cm³/mol. The van der Waals surface area contributed by atoms with E-state index in [1.165, 1.54) is 11.8 Å². The van der Waals surface area contributed by atoms with Crippen molar-refractivity contribution in [2.45, 2.75) is 26.2 Å². The van der Waals surface area contributed by atoms with Crippen LogP contribution in [0.15, 0.2) is 54.4 Å². The number of hydrogen-bond acceptors (Lipinski definition) is 5. The molecule has 0 aliphatic carbocycles. The second-order valence-electron chi connectivity index (χ2n) is 5.90. The zero-order valence-corrected chi connectivity index (χ0v) is 15.5. The number of ether oxygens (including phenoxy) is 3. The Bertz CT molecular complexity index is 766. The molecule has 2 N–H and O–H groups in total. The van der Waals surface area contributed by atoms with Crippen molar-refractivity contribution in [1.29, 1.82) is 0 Å². The van der Waals surface area contributed by atoms with Gasteiger partial charge >= 0.3 is 5.97 Å². The third-order valence-corrected chi connectivity index (χ3v) is 3.98. The zero-order valence-electron chi connectivity index (χ0n) is 15.5. The molecule has 5 heteroatoms. The Morgan fingerprint density at radius 1 is 0.923 bits per heavy atom. The minimum atomic E-state index is -0.387. The Morgan fingerprint density at radius 3 is 2.15 bits per heavy atom. The van der Waals surface area contributed by atoms with Crippen LogP contribution in [-0.4, -0.2) is 20.2 Å². The van der Waals surface area contributed by atoms with Crippen LogP contribution >= 0.6 is 0 Å². The topological polar surface area (TPSA) is 70.8 Å². The van der Waals surface area contributed by atoms with Crippen molar-refractivity contribution in [3.05, 3.63) is 71.1 Å². The maximum absolute atomic E-state index is 12.0. The third-order valence-electron chi connectivity index (χ3n) is 3.98. The molecule has 26 heavy (non-hydrogen) atoms. The molecule has 2 aromatic rings. The van der Waals surface area contributed by atoms with Gasteiger partial charge in [-0.3, -0.25) is 4.79 Å². The molecule has 0 saturated carbocycles. The molecule has 0 unspecified atom stereocenters. The maximum Gasteiger partial charge on any atom is 0.315 e. The molecule has 0 saturated heterocycles. The number of hydrogen-bond donors (Lipinski definition) is 1. The smallest absolute Gasteiger partial charge is 0.315 e. The fourth-order valence-corrected chi connectivity index (χ4v) is 2.51. The summed E-state index contributed by atoms with van der Waals surface area (Å²) in [5, 5.41) is 0. The molecular formula is C21H25NO4. The van der Waals surface area contributed by atoms with Crippen LogP contribution in [0.2, 0.25) is 0 Å². The van der Waals surface area contributed by atoms with E-state index in [1.807, 2.05) is 12.1 Å². The van der Waals surface area contributed by atoms with Gasteiger partial charge in [-0.15, -0.1) is 0 Å². The van der Waals surface area contributed by atoms with E-state index in [9.17, 15) is 4.79 Å². The largest absolute Gasteiger partial charge is 0.493 e. The first-order valence-corrected chi connectivity index (χ1v) is 8.48. The van der Waals surface area contributed by atoms with Crippen LogP contribution in [0.3, 0.4) is 0 Å². The Labute approximate surface area is 154 Å². The molecule has 0 atom stereocenters. The van der Waals surface area contributed by atoms with Gasteiger partial charge in [0, 0.05) is 12.1 Å². The molecule has 0 amide bonds. The third kappa shape index (κ3) is 5.55. The quantitative estimate of drug-likeness (QED) is 0.580. The molecule has 0 bridgehead atoms. The van der Waals surface area contributed by atoms with E-state index in [-0.39, 0.29) is 12.4 Å². The standard InChI is InChI=1S/C21H25NO4/c1-4-15-5-7-16(8-6-15)11-18(22)14-26-21(23)13-17-9-10-19(24-2)20(12-17)25-3/h5-10,12,14H,4,11,13,22H2,1-3H3/b18-14-. The van der Waals surface area contributed by atoms with Crippen LogP contribution < -0.4 is 15.2 Å². The molecule has 0 aromatic heterocycles. The SMILES string of the molecule is CCc1ccc(C/C(N)=C/OC(=O)Cc2ccc(OC)c(OC)c2)cc1. The second kappa shape index (κ2) is 9.51. The number of benzene rings is 2. The molecule has 0 aliphatic heterocycles. The van der Waals surface area contributed by atoms with Crippen LogP contribution in [0.1, 0.15) is 23.6 Å². The summed E-state index contributed by atoms with van der Waals surface area (Å²) in [6.07, 6.45) is 2.97. The van der Waals surface area contributed by atoms with E-state index < -0.39 is 0 Å². The lowest BCUT2D eigenvalue weighted by Crippen LogP contribution is -2.08. The maximum atomic E-state index is 12.0. The lowest BCUT2D eigenvalue weighted by atomic mass is 10.1. The van der Waals surface area contributed by atoms with Crippen molar-refractivity contribution in [3.63, 3.8) is 0 Å². The highest BCUT2D eigenvalue weighted by molar-refractivity contribution is 5.73. The van der Waals surface area contributed by atoms with Crippen LogP contribution in [0.5, 0.6) is 11.5 Å². The van der Waals surface area contributed by atoms with E-state index in [1.54, 1.807) is 32.4 Å². The molecule has 0 radical (unpaired) electrons. The van der Waals surface area contributed by atoms with Crippen molar-refractivity contribution >= 4 is 5.97 Å². The van der Waals surface area contributed by atoms with Crippen LogP contribution in [0.25, 0.3) is 0 Å². The van der Waals surface area contributed by atoms with Crippen molar-refractivity contribution in [3.8, 4) is 11.5 Å². The number of aryl methyl sites for hydroxylation is 1. The number of nitrogens with two attached hydrogens (primary N) is 1. The minimum absolute atomic E-state index is 0.120. The molecule has 2 aromatic carbocycles. The van der Waals surface area contributed by atoms with Gasteiger partial charge in [-0.05, 0) is 35.2 Å². The van der Waals surface area contributed by atoms with E-state index in [0.717, 1.165) is 17.5 Å². The first kappa shape index (κ1) is 19.4. The first-order valence-electron chi connectivity index (χ1n) is 8.48. The van der Waals surface area contributed by atoms with Crippen molar-refractivity contribution in [1.82, 2.24) is 0 Å². The number of methoxy groups -OCH3 is 2. The monoisotopic (exact) mass is 355 g/mol. The molecule has 138 valence electrons. The van der Waals surface area contributed by atoms with E-state index in [2.05, 4.69) is 19.1 Å². The van der Waals surface area contributed by atoms with Gasteiger partial charge in [0.05, 0.1) is 20.6 Å². The van der Waals surface area contributed by atoms with Crippen LogP contribution in [0, 0.1) is 0 Å². The molecular weight excluding hydrogens is 330 g/mol. The Hall–Kier alpha value is -2.95. The highest BCUT2D eigenvalue weighted by atomic mass is 16.5. The van der Waals surface area contributed by atoms with Crippen LogP contribution in [-0.2, 0) is 28.8 Å². The van der Waals surface area contributed by atoms with Crippen molar-refractivity contribution < 1.29 is 19.0 Å². The molecule has 0 heterocycles. The van der Waals surface area contributed by atoms with Gasteiger partial charge in [-0.25, -0.2) is 0 Å². The zero-order chi connectivity index (χ0) is 18.9. The summed E-state index contributed by atoms with van der Waals surface area (Å²) in [4.78, 5) is 12.0. The lowest BCUT2D eigenvalue weighted by Gasteiger charge is -2.09. The summed E-state index contributed by atoms with van der Waals surface area (Å²) in [5.74, 6) is 0.799. The minimum Gasteiger partial charge on any atom is -0.493 e. The van der Waals surface area contributed by atoms with Crippen LogP contribution in [0.4, 0.5) is 0 Å². The highest BCUT2D eigenvalue weighted by Gasteiger charge is 2.09. The predicted octanol–water partition coefficient (Wildman–Crippen LogP) is 3.39. The Morgan fingerprint density at radius 2 is 1.54 bits per heavy atom. The molecule has 5 nitrogen and oxygen atoms in total. The molecule has 0 spiro atoms. The Balaban J connectivity index is 1.91. The number of carbonyl (C=O) groups excluding carboxylic acids is 1. The Kier molecular flexibility index (Phi) is 7.09. The lowest BCUT2D eigenvalue weighted by molar-refractivity contribution is -0.137. The average Bonchev–Trinajstić information content (AvgIpc) is 2.67. The fraction of sp³-hybridized carbons (Fsp3) is 0.286. The van der Waals surface area contributed by atoms with Gasteiger partial charge in [0.15, 0.2) is 11.5 Å². The molecule has 0 fully saturated rings. The van der Waals surface area contributed by atoms with E-state index in [4.69, 9.17) is 19.9 Å². The second-order valence-corrected chi connectivity index (χ2v) is 5.90. The van der Waals surface area contributed by atoms with Gasteiger partial charge in [0.1, 0.15) is 6.26 Å². The number of rotatable bonds is 8. The van der Waals surface area contributed by atoms with Gasteiger partial charge in [0.2, 0.25) is 0 Å². The van der Waals surface area contributed by atoms with Gasteiger partial charge in [-0.1, -0.05) is 37.3 Å². The first-order chi connectivity index (χ1) is 12.5. The number of carbonyl (C=O) groups is 1. The van der Waals surface area contributed by atoms with Gasteiger partial charge in [-0.2, -0.15) is 0 Å². The summed E-state index contributed by atoms with van der Waals surface area (Å²) < 4.78 is 15.6. The molecule has 0 aliphatic rings. The van der Waals surface area contributed by atoms with Crippen molar-refractivity contribution in [2.24, 2.45) is 5.73 Å². The number of allylic oxidation sites excluding steroid dienone is 1. The average molecular weight is 355 g/mol. The summed E-state index contributed by atoms with van der Waals surface area (Å²) >= 11 is 0. The highest BCUT2D eigenvalue weighted by Crippen LogP contribution is 2.27. The van der Waals surface area contributed by atoms with E-state index >= 15 is 0 Å². The van der Waals surface area contributed by atoms with Crippen molar-refractivity contribution in [2.75, 3.05) is 14.2 Å². The normalized spacial score (nSPS) is 11.1. The van der Waals surface area contributed by atoms with E-state index in [0.29, 0.717) is 23.6 Å². The summed E-state index contributed by atoms with van der Waals surface area (Å²) in [5.41, 5.74) is 9.57.